The summed E-state index contributed by atoms with van der Waals surface area (Å²) < 4.78 is 7.33. The van der Waals surface area contributed by atoms with Crippen LogP contribution in [0.15, 0.2) is 212 Å². The van der Waals surface area contributed by atoms with Crippen molar-refractivity contribution in [2.75, 3.05) is 0 Å². The first-order valence-electron chi connectivity index (χ1n) is 20.1. The molecule has 0 saturated carbocycles. The quantitative estimate of drug-likeness (QED) is 0.171. The Morgan fingerprint density at radius 3 is 1.07 bits per heavy atom. The molecule has 1 aliphatic rings. The summed E-state index contributed by atoms with van der Waals surface area (Å²) in [4.78, 5) is 0. The molecule has 12 aromatic rings. The van der Waals surface area contributed by atoms with E-state index in [0.717, 1.165) is 11.4 Å². The van der Waals surface area contributed by atoms with Gasteiger partial charge in [-0.3, -0.25) is 0 Å². The summed E-state index contributed by atoms with van der Waals surface area (Å²) in [6.45, 7) is 0. The fourth-order valence-electron chi connectivity index (χ4n) is 10.6. The minimum Gasteiger partial charge on any atom is -0.309 e. The highest BCUT2D eigenvalue weighted by Gasteiger charge is 2.45. The number of hydrogen-bond acceptors (Lipinski definition) is 0. The fraction of sp³-hybridized carbons (Fsp3) is 0.0182. The monoisotopic (exact) mass is 737 g/mol. The number of nitrogens with zero attached hydrogens (tertiary/aromatic N) is 3. The number of benzene rings is 9. The zero-order chi connectivity index (χ0) is 38.0. The Morgan fingerprint density at radius 1 is 0.259 bits per heavy atom. The summed E-state index contributed by atoms with van der Waals surface area (Å²) >= 11 is 0. The largest absolute Gasteiger partial charge is 0.309 e. The number of rotatable bonds is 4. The highest BCUT2D eigenvalue weighted by Crippen LogP contribution is 2.54. The van der Waals surface area contributed by atoms with Crippen molar-refractivity contribution in [1.29, 1.82) is 0 Å². The summed E-state index contributed by atoms with van der Waals surface area (Å²) in [5.41, 5.74) is 15.3. The highest BCUT2D eigenvalue weighted by atomic mass is 15.0. The molecule has 13 rings (SSSR count). The molecule has 270 valence electrons. The summed E-state index contributed by atoms with van der Waals surface area (Å²) in [6.07, 6.45) is 0. The maximum Gasteiger partial charge on any atom is 0.0742 e. The van der Waals surface area contributed by atoms with Gasteiger partial charge in [-0.2, -0.15) is 0 Å². The smallest absolute Gasteiger partial charge is 0.0742 e. The van der Waals surface area contributed by atoms with Crippen molar-refractivity contribution in [2.24, 2.45) is 0 Å². The van der Waals surface area contributed by atoms with Crippen molar-refractivity contribution in [3.05, 3.63) is 235 Å². The molecule has 4 heterocycles. The average molecular weight is 738 g/mol. The Morgan fingerprint density at radius 2 is 0.603 bits per heavy atom. The fourth-order valence-corrected chi connectivity index (χ4v) is 10.6. The van der Waals surface area contributed by atoms with Crippen molar-refractivity contribution < 1.29 is 0 Å². The van der Waals surface area contributed by atoms with Gasteiger partial charge in [0.1, 0.15) is 0 Å². The van der Waals surface area contributed by atoms with Crippen LogP contribution in [0, 0.1) is 0 Å². The van der Waals surface area contributed by atoms with Gasteiger partial charge in [0.25, 0.3) is 0 Å². The minimum atomic E-state index is -0.612. The molecule has 0 amide bonds. The van der Waals surface area contributed by atoms with Gasteiger partial charge in [0.15, 0.2) is 0 Å². The van der Waals surface area contributed by atoms with E-state index in [4.69, 9.17) is 0 Å². The molecule has 58 heavy (non-hydrogen) atoms. The Balaban J connectivity index is 1.10. The van der Waals surface area contributed by atoms with Gasteiger partial charge < -0.3 is 13.7 Å². The number of para-hydroxylation sites is 7. The topological polar surface area (TPSA) is 14.8 Å². The van der Waals surface area contributed by atoms with E-state index in [2.05, 4.69) is 226 Å². The zero-order valence-electron chi connectivity index (χ0n) is 31.5. The van der Waals surface area contributed by atoms with Crippen LogP contribution in [-0.4, -0.2) is 13.7 Å². The molecule has 0 saturated heterocycles. The number of hydrogen-bond donors (Lipinski definition) is 0. The normalized spacial score (nSPS) is 13.3. The van der Waals surface area contributed by atoms with Gasteiger partial charge >= 0.3 is 0 Å². The maximum absolute atomic E-state index is 2.51. The molecule has 3 heteroatoms. The molecule has 3 aromatic heterocycles. The third-order valence-corrected chi connectivity index (χ3v) is 12.9. The third-order valence-electron chi connectivity index (χ3n) is 12.9. The van der Waals surface area contributed by atoms with Crippen LogP contribution in [0.1, 0.15) is 22.3 Å². The lowest BCUT2D eigenvalue weighted by Gasteiger charge is -2.42. The summed E-state index contributed by atoms with van der Waals surface area (Å²) in [7, 11) is 0. The van der Waals surface area contributed by atoms with Crippen LogP contribution < -0.4 is 0 Å². The molecule has 0 atom stereocenters. The van der Waals surface area contributed by atoms with E-state index < -0.39 is 5.41 Å². The number of fused-ring (bicyclic) bond motifs is 11. The first-order chi connectivity index (χ1) is 28.8. The molecule has 0 unspecified atom stereocenters. The molecule has 9 aromatic carbocycles. The van der Waals surface area contributed by atoms with Gasteiger partial charge in [-0.15, -0.1) is 0 Å². The van der Waals surface area contributed by atoms with E-state index in [0.29, 0.717) is 0 Å². The van der Waals surface area contributed by atoms with Crippen molar-refractivity contribution in [1.82, 2.24) is 13.7 Å². The second-order valence-electron chi connectivity index (χ2n) is 15.7. The third kappa shape index (κ3) is 4.02. The van der Waals surface area contributed by atoms with E-state index in [1.54, 1.807) is 0 Å². The molecule has 1 aliphatic heterocycles. The van der Waals surface area contributed by atoms with E-state index in [1.165, 1.54) is 93.4 Å². The molecule has 0 bridgehead atoms. The van der Waals surface area contributed by atoms with Crippen LogP contribution in [0.5, 0.6) is 0 Å². The minimum absolute atomic E-state index is 0.612. The Kier molecular flexibility index (Phi) is 6.37. The second kappa shape index (κ2) is 11.7. The van der Waals surface area contributed by atoms with E-state index in [-0.39, 0.29) is 0 Å². The van der Waals surface area contributed by atoms with Crippen LogP contribution in [-0.2, 0) is 5.41 Å². The van der Waals surface area contributed by atoms with Gasteiger partial charge in [0.2, 0.25) is 0 Å². The maximum atomic E-state index is 2.51. The predicted octanol–water partition coefficient (Wildman–Crippen LogP) is 13.7. The molecule has 0 aliphatic carbocycles. The molecule has 3 nitrogen and oxygen atoms in total. The molecule has 0 N–H and O–H groups in total. The zero-order valence-corrected chi connectivity index (χ0v) is 31.5. The standard InChI is InChI=1S/C55H35N3/c1-7-22-48-40(14-1)41-15-2-8-23-49(41)56(48)38-32-28-36(29-33-38)55(37-30-34-39(35-31-37)57-50-24-9-3-16-42(50)43-17-4-10-25-51(43)57)46-20-6-12-27-53(46)58-52-26-11-5-18-44(52)45-19-13-21-47(55)54(45)58/h1-35H. The number of aromatic nitrogens is 3. The average Bonchev–Trinajstić information content (AvgIpc) is 3.94. The van der Waals surface area contributed by atoms with E-state index in [1.807, 2.05) is 0 Å². The van der Waals surface area contributed by atoms with Gasteiger partial charge in [-0.05, 0) is 82.9 Å². The lowest BCUT2D eigenvalue weighted by Crippen LogP contribution is -2.35. The summed E-state index contributed by atoms with van der Waals surface area (Å²) in [5.74, 6) is 0. The van der Waals surface area contributed by atoms with Crippen molar-refractivity contribution >= 4 is 65.4 Å². The predicted molar refractivity (Wildman–Crippen MR) is 241 cm³/mol. The van der Waals surface area contributed by atoms with Gasteiger partial charge in [-0.25, -0.2) is 0 Å². The molecule has 0 fully saturated rings. The first kappa shape index (κ1) is 31.6. The van der Waals surface area contributed by atoms with Gasteiger partial charge in [0.05, 0.1) is 44.2 Å². The van der Waals surface area contributed by atoms with Crippen molar-refractivity contribution in [3.63, 3.8) is 0 Å². The van der Waals surface area contributed by atoms with Crippen LogP contribution in [0.25, 0.3) is 82.5 Å². The van der Waals surface area contributed by atoms with Gasteiger partial charge in [-0.1, -0.05) is 152 Å². The summed E-state index contributed by atoms with van der Waals surface area (Å²) in [6, 6.07) is 78.7. The molecular weight excluding hydrogens is 703 g/mol. The first-order valence-corrected chi connectivity index (χ1v) is 20.1. The summed E-state index contributed by atoms with van der Waals surface area (Å²) in [5, 5.41) is 7.61. The lowest BCUT2D eigenvalue weighted by molar-refractivity contribution is 0.727. The molecule has 0 radical (unpaired) electrons. The van der Waals surface area contributed by atoms with Crippen LogP contribution in [0.4, 0.5) is 0 Å². The van der Waals surface area contributed by atoms with Crippen molar-refractivity contribution in [2.45, 2.75) is 5.41 Å². The second-order valence-corrected chi connectivity index (χ2v) is 15.7. The van der Waals surface area contributed by atoms with Crippen LogP contribution >= 0.6 is 0 Å². The van der Waals surface area contributed by atoms with Gasteiger partial charge in [0, 0.05) is 43.7 Å². The Hall–Kier alpha value is -7.62. The lowest BCUT2D eigenvalue weighted by atomic mass is 9.63. The SMILES string of the molecule is c1ccc2c(c1)-n1c3ccccc3c3cccc(c31)C2(c1ccc(-n2c3ccccc3c3ccccc32)cc1)c1ccc(-n2c3ccccc3c3ccccc32)cc1. The van der Waals surface area contributed by atoms with Crippen LogP contribution in [0.2, 0.25) is 0 Å². The highest BCUT2D eigenvalue weighted by molar-refractivity contribution is 6.13. The van der Waals surface area contributed by atoms with Crippen molar-refractivity contribution in [3.8, 4) is 17.1 Å². The Bertz CT molecular complexity index is 3350. The van der Waals surface area contributed by atoms with E-state index in [9.17, 15) is 0 Å². The van der Waals surface area contributed by atoms with Crippen LogP contribution in [0.3, 0.4) is 0 Å². The Labute approximate surface area is 334 Å². The molecule has 0 spiro atoms. The van der Waals surface area contributed by atoms with E-state index >= 15 is 0 Å². The molecular formula is C55H35N3.